The Labute approximate surface area is 137 Å². The van der Waals surface area contributed by atoms with Crippen molar-refractivity contribution < 1.29 is 13.5 Å². The maximum absolute atomic E-state index is 13.6. The molecule has 5 nitrogen and oxygen atoms in total. The van der Waals surface area contributed by atoms with Crippen molar-refractivity contribution in [1.29, 1.82) is 0 Å². The first-order valence-corrected chi connectivity index (χ1v) is 8.09. The molecule has 3 rings (SSSR count). The summed E-state index contributed by atoms with van der Waals surface area (Å²) in [4.78, 5) is 6.49. The molecular formula is C15H18F2N4OS. The molecule has 1 aromatic heterocycles. The molecule has 0 aliphatic carbocycles. The quantitative estimate of drug-likeness (QED) is 0.907. The van der Waals surface area contributed by atoms with Crippen LogP contribution in [0.4, 0.5) is 13.9 Å². The van der Waals surface area contributed by atoms with Crippen LogP contribution in [0.25, 0.3) is 0 Å². The summed E-state index contributed by atoms with van der Waals surface area (Å²) in [7, 11) is 3.57. The minimum atomic E-state index is -0.827. The van der Waals surface area contributed by atoms with Gasteiger partial charge in [-0.3, -0.25) is 4.90 Å². The summed E-state index contributed by atoms with van der Waals surface area (Å²) in [6, 6.07) is 4.10. The maximum atomic E-state index is 13.6. The predicted octanol–water partition coefficient (Wildman–Crippen LogP) is 2.82. The first-order chi connectivity index (χ1) is 11.1. The molecule has 1 aromatic carbocycles. The van der Waals surface area contributed by atoms with Crippen LogP contribution in [0, 0.1) is 11.6 Å². The Morgan fingerprint density at radius 3 is 2.96 bits per heavy atom. The summed E-state index contributed by atoms with van der Waals surface area (Å²) in [5.74, 6) is -1.01. The van der Waals surface area contributed by atoms with E-state index in [1.807, 2.05) is 7.05 Å². The lowest BCUT2D eigenvalue weighted by Gasteiger charge is -2.26. The molecule has 2 aromatic rings. The van der Waals surface area contributed by atoms with Gasteiger partial charge in [0.2, 0.25) is 5.13 Å². The summed E-state index contributed by atoms with van der Waals surface area (Å²) in [5, 5.41) is 4.08. The first kappa shape index (κ1) is 16.2. The average Bonchev–Trinajstić information content (AvgIpc) is 3.10. The van der Waals surface area contributed by atoms with E-state index in [1.54, 1.807) is 13.2 Å². The normalized spacial score (nSPS) is 21.7. The summed E-state index contributed by atoms with van der Waals surface area (Å²) < 4.78 is 35.9. The number of methoxy groups -OCH3 is 1. The van der Waals surface area contributed by atoms with E-state index in [-0.39, 0.29) is 12.1 Å². The minimum Gasteiger partial charge on any atom is -0.377 e. The second kappa shape index (κ2) is 6.86. The highest BCUT2D eigenvalue weighted by atomic mass is 32.1. The van der Waals surface area contributed by atoms with Crippen LogP contribution < -0.4 is 5.32 Å². The third-order valence-corrected chi connectivity index (χ3v) is 4.67. The van der Waals surface area contributed by atoms with Gasteiger partial charge in [-0.2, -0.15) is 4.37 Å². The van der Waals surface area contributed by atoms with E-state index in [1.165, 1.54) is 23.7 Å². The molecule has 0 unspecified atom stereocenters. The number of hydrogen-bond donors (Lipinski definition) is 1. The molecule has 2 atom stereocenters. The molecule has 1 saturated heterocycles. The van der Waals surface area contributed by atoms with Gasteiger partial charge in [-0.1, -0.05) is 6.07 Å². The molecule has 1 aliphatic rings. The standard InChI is InChI=1S/C15H18F2N4OS/c1-21-6-5-12(18-15-19-13(8-22-2)20-23-15)14(21)9-3-4-10(16)11(17)7-9/h3-4,7,12,14H,5-6,8H2,1-2H3,(H,18,19,20)/t12-,14+/m0/s1. The zero-order valence-corrected chi connectivity index (χ0v) is 13.7. The van der Waals surface area contributed by atoms with E-state index >= 15 is 0 Å². The van der Waals surface area contributed by atoms with Crippen molar-refractivity contribution in [3.05, 3.63) is 41.2 Å². The zero-order valence-electron chi connectivity index (χ0n) is 12.9. The molecule has 124 valence electrons. The third-order valence-electron chi connectivity index (χ3n) is 3.98. The highest BCUT2D eigenvalue weighted by molar-refractivity contribution is 7.09. The molecule has 2 heterocycles. The van der Waals surface area contributed by atoms with Gasteiger partial charge in [-0.15, -0.1) is 0 Å². The van der Waals surface area contributed by atoms with Crippen LogP contribution in [0.3, 0.4) is 0 Å². The number of nitrogens with one attached hydrogen (secondary N) is 1. The number of aromatic nitrogens is 2. The molecule has 0 amide bonds. The smallest absolute Gasteiger partial charge is 0.202 e. The van der Waals surface area contributed by atoms with Crippen molar-refractivity contribution in [3.8, 4) is 0 Å². The Hall–Kier alpha value is -1.64. The highest BCUT2D eigenvalue weighted by Gasteiger charge is 2.34. The molecule has 0 bridgehead atoms. The minimum absolute atomic E-state index is 0.0418. The largest absolute Gasteiger partial charge is 0.377 e. The first-order valence-electron chi connectivity index (χ1n) is 7.31. The molecule has 1 fully saturated rings. The maximum Gasteiger partial charge on any atom is 0.202 e. The van der Waals surface area contributed by atoms with Gasteiger partial charge < -0.3 is 10.1 Å². The number of likely N-dealkylation sites (tertiary alicyclic amines) is 1. The van der Waals surface area contributed by atoms with Gasteiger partial charge >= 0.3 is 0 Å². The van der Waals surface area contributed by atoms with Gasteiger partial charge in [0.15, 0.2) is 17.5 Å². The van der Waals surface area contributed by atoms with Gasteiger partial charge in [0.25, 0.3) is 0 Å². The van der Waals surface area contributed by atoms with Crippen LogP contribution in [-0.4, -0.2) is 41.0 Å². The highest BCUT2D eigenvalue weighted by Crippen LogP contribution is 2.34. The second-order valence-electron chi connectivity index (χ2n) is 5.59. The Kier molecular flexibility index (Phi) is 4.84. The van der Waals surface area contributed by atoms with E-state index in [2.05, 4.69) is 19.6 Å². The SMILES string of the molecule is COCc1nsc(N[C@H]2CCN(C)[C@@H]2c2ccc(F)c(F)c2)n1. The second-order valence-corrected chi connectivity index (χ2v) is 6.34. The molecular weight excluding hydrogens is 322 g/mol. The lowest BCUT2D eigenvalue weighted by Crippen LogP contribution is -2.29. The number of hydrogen-bond acceptors (Lipinski definition) is 6. The van der Waals surface area contributed by atoms with Crippen LogP contribution in [0.15, 0.2) is 18.2 Å². The van der Waals surface area contributed by atoms with Gasteiger partial charge in [-0.25, -0.2) is 13.8 Å². The number of ether oxygens (including phenoxy) is 1. The van der Waals surface area contributed by atoms with Crippen molar-refractivity contribution in [2.45, 2.75) is 25.1 Å². The van der Waals surface area contributed by atoms with Crippen LogP contribution in [0.1, 0.15) is 23.9 Å². The van der Waals surface area contributed by atoms with Crippen molar-refractivity contribution in [3.63, 3.8) is 0 Å². The molecule has 0 spiro atoms. The van der Waals surface area contributed by atoms with Gasteiger partial charge in [0.05, 0.1) is 6.04 Å². The van der Waals surface area contributed by atoms with E-state index in [0.717, 1.165) is 18.5 Å². The lowest BCUT2D eigenvalue weighted by atomic mass is 10.00. The lowest BCUT2D eigenvalue weighted by molar-refractivity contribution is 0.179. The fourth-order valence-corrected chi connectivity index (χ4v) is 3.58. The molecule has 1 aliphatic heterocycles. The van der Waals surface area contributed by atoms with Crippen LogP contribution in [0.2, 0.25) is 0 Å². The predicted molar refractivity (Wildman–Crippen MR) is 84.4 cm³/mol. The van der Waals surface area contributed by atoms with E-state index in [9.17, 15) is 8.78 Å². The molecule has 8 heteroatoms. The summed E-state index contributed by atoms with van der Waals surface area (Å²) >= 11 is 1.28. The number of likely N-dealkylation sites (N-methyl/N-ethyl adjacent to an activating group) is 1. The van der Waals surface area contributed by atoms with Gasteiger partial charge in [0, 0.05) is 31.2 Å². The number of rotatable bonds is 5. The number of benzene rings is 1. The summed E-state index contributed by atoms with van der Waals surface area (Å²) in [6.07, 6.45) is 0.888. The Balaban J connectivity index is 1.78. The zero-order chi connectivity index (χ0) is 16.4. The van der Waals surface area contributed by atoms with Crippen molar-refractivity contribution in [2.75, 3.05) is 26.0 Å². The van der Waals surface area contributed by atoms with Crippen LogP contribution in [-0.2, 0) is 11.3 Å². The number of halogens is 2. The average molecular weight is 340 g/mol. The Bertz CT molecular complexity index is 681. The van der Waals surface area contributed by atoms with Crippen molar-refractivity contribution in [2.24, 2.45) is 0 Å². The van der Waals surface area contributed by atoms with E-state index in [0.29, 0.717) is 17.6 Å². The topological polar surface area (TPSA) is 50.3 Å². The van der Waals surface area contributed by atoms with E-state index < -0.39 is 11.6 Å². The number of nitrogens with zero attached hydrogens (tertiary/aromatic N) is 3. The molecule has 23 heavy (non-hydrogen) atoms. The fourth-order valence-electron chi connectivity index (χ4n) is 2.94. The van der Waals surface area contributed by atoms with Gasteiger partial charge in [-0.05, 0) is 31.2 Å². The molecule has 1 N–H and O–H groups in total. The Morgan fingerprint density at radius 1 is 1.39 bits per heavy atom. The molecule has 0 saturated carbocycles. The monoisotopic (exact) mass is 340 g/mol. The van der Waals surface area contributed by atoms with Crippen LogP contribution in [0.5, 0.6) is 0 Å². The summed E-state index contributed by atoms with van der Waals surface area (Å²) in [5.41, 5.74) is 0.753. The van der Waals surface area contributed by atoms with Gasteiger partial charge in [0.1, 0.15) is 6.61 Å². The Morgan fingerprint density at radius 2 is 2.22 bits per heavy atom. The van der Waals surface area contributed by atoms with Crippen molar-refractivity contribution in [1.82, 2.24) is 14.3 Å². The molecule has 0 radical (unpaired) electrons. The fraction of sp³-hybridized carbons (Fsp3) is 0.467. The third kappa shape index (κ3) is 3.49. The number of anilines is 1. The summed E-state index contributed by atoms with van der Waals surface area (Å²) in [6.45, 7) is 1.24. The van der Waals surface area contributed by atoms with E-state index in [4.69, 9.17) is 4.74 Å². The van der Waals surface area contributed by atoms with Crippen molar-refractivity contribution >= 4 is 16.7 Å². The van der Waals surface area contributed by atoms with Crippen LogP contribution >= 0.6 is 11.5 Å².